The summed E-state index contributed by atoms with van der Waals surface area (Å²) in [4.78, 5) is 24.8. The SMILES string of the molecule is CCn1cc(-c2ccc(C(=O)NC3CCC(c4n[nH]c(=O)c5ccccc45)CC3)cc2F)cn1. The van der Waals surface area contributed by atoms with Gasteiger partial charge in [0.2, 0.25) is 0 Å². The number of nitrogens with zero attached hydrogens (tertiary/aromatic N) is 3. The van der Waals surface area contributed by atoms with Crippen LogP contribution < -0.4 is 10.9 Å². The number of rotatable bonds is 5. The highest BCUT2D eigenvalue weighted by atomic mass is 19.1. The average Bonchev–Trinajstić information content (AvgIpc) is 3.34. The lowest BCUT2D eigenvalue weighted by Gasteiger charge is -2.29. The van der Waals surface area contributed by atoms with Gasteiger partial charge in [-0.2, -0.15) is 10.2 Å². The molecule has 2 heterocycles. The number of amides is 1. The van der Waals surface area contributed by atoms with Crippen molar-refractivity contribution in [2.24, 2.45) is 0 Å². The van der Waals surface area contributed by atoms with E-state index in [0.29, 0.717) is 28.6 Å². The third-order valence-electron chi connectivity index (χ3n) is 6.67. The molecule has 5 rings (SSSR count). The molecule has 1 aliphatic carbocycles. The monoisotopic (exact) mass is 459 g/mol. The first-order valence-corrected chi connectivity index (χ1v) is 11.6. The highest BCUT2D eigenvalue weighted by molar-refractivity contribution is 5.95. The molecule has 1 amide bonds. The molecule has 34 heavy (non-hydrogen) atoms. The van der Waals surface area contributed by atoms with Gasteiger partial charge in [-0.05, 0) is 50.8 Å². The molecule has 0 spiro atoms. The smallest absolute Gasteiger partial charge is 0.272 e. The Morgan fingerprint density at radius 1 is 1.15 bits per heavy atom. The van der Waals surface area contributed by atoms with Crippen molar-refractivity contribution in [3.05, 3.63) is 82.3 Å². The molecule has 0 radical (unpaired) electrons. The van der Waals surface area contributed by atoms with Gasteiger partial charge in [-0.3, -0.25) is 14.3 Å². The normalized spacial score (nSPS) is 18.2. The molecule has 0 bridgehead atoms. The van der Waals surface area contributed by atoms with Crippen molar-refractivity contribution >= 4 is 16.7 Å². The Morgan fingerprint density at radius 3 is 2.62 bits per heavy atom. The molecular weight excluding hydrogens is 433 g/mol. The van der Waals surface area contributed by atoms with Crippen LogP contribution in [0.3, 0.4) is 0 Å². The Kier molecular flexibility index (Phi) is 5.96. The summed E-state index contributed by atoms with van der Waals surface area (Å²) in [7, 11) is 0. The lowest BCUT2D eigenvalue weighted by Crippen LogP contribution is -2.37. The number of carbonyl (C=O) groups excluding carboxylic acids is 1. The number of fused-ring (bicyclic) bond motifs is 1. The summed E-state index contributed by atoms with van der Waals surface area (Å²) in [5.41, 5.74) is 2.15. The predicted molar refractivity (Wildman–Crippen MR) is 128 cm³/mol. The number of H-pyrrole nitrogens is 1. The van der Waals surface area contributed by atoms with E-state index in [1.54, 1.807) is 29.2 Å². The van der Waals surface area contributed by atoms with Crippen LogP contribution >= 0.6 is 0 Å². The van der Waals surface area contributed by atoms with Crippen LogP contribution in [0.4, 0.5) is 4.39 Å². The Hall–Kier alpha value is -3.81. The lowest BCUT2D eigenvalue weighted by atomic mass is 9.82. The number of benzene rings is 2. The maximum Gasteiger partial charge on any atom is 0.272 e. The molecule has 174 valence electrons. The van der Waals surface area contributed by atoms with Crippen molar-refractivity contribution in [2.45, 2.75) is 51.1 Å². The number of aromatic nitrogens is 4. The summed E-state index contributed by atoms with van der Waals surface area (Å²) in [6.07, 6.45) is 6.70. The maximum atomic E-state index is 14.7. The molecule has 7 nitrogen and oxygen atoms in total. The first-order chi connectivity index (χ1) is 16.5. The number of hydrogen-bond donors (Lipinski definition) is 2. The molecule has 2 N–H and O–H groups in total. The Bertz CT molecular complexity index is 1400. The number of aromatic amines is 1. The van der Waals surface area contributed by atoms with Gasteiger partial charge in [0.1, 0.15) is 5.82 Å². The van der Waals surface area contributed by atoms with Crippen LogP contribution in [0.1, 0.15) is 54.6 Å². The zero-order valence-corrected chi connectivity index (χ0v) is 18.9. The molecule has 0 atom stereocenters. The minimum atomic E-state index is -0.442. The van der Waals surface area contributed by atoms with Gasteiger partial charge in [0.25, 0.3) is 11.5 Å². The van der Waals surface area contributed by atoms with Crippen LogP contribution in [0, 0.1) is 5.82 Å². The summed E-state index contributed by atoms with van der Waals surface area (Å²) >= 11 is 0. The molecule has 0 saturated heterocycles. The van der Waals surface area contributed by atoms with Crippen molar-refractivity contribution in [1.82, 2.24) is 25.3 Å². The average molecular weight is 460 g/mol. The predicted octanol–water partition coefficient (Wildman–Crippen LogP) is 4.40. The van der Waals surface area contributed by atoms with Crippen molar-refractivity contribution in [3.63, 3.8) is 0 Å². The number of nitrogens with one attached hydrogen (secondary N) is 2. The van der Waals surface area contributed by atoms with Gasteiger partial charge in [-0.25, -0.2) is 9.49 Å². The molecule has 1 aliphatic rings. The van der Waals surface area contributed by atoms with Crippen LogP contribution in [-0.2, 0) is 6.54 Å². The van der Waals surface area contributed by atoms with E-state index in [9.17, 15) is 14.0 Å². The van der Waals surface area contributed by atoms with Gasteiger partial charge in [0, 0.05) is 46.8 Å². The van der Waals surface area contributed by atoms with Gasteiger partial charge in [0.05, 0.1) is 17.3 Å². The van der Waals surface area contributed by atoms with Gasteiger partial charge in [0.15, 0.2) is 0 Å². The quantitative estimate of drug-likeness (QED) is 0.463. The summed E-state index contributed by atoms with van der Waals surface area (Å²) in [6, 6.07) is 12.1. The summed E-state index contributed by atoms with van der Waals surface area (Å²) in [6.45, 7) is 2.67. The zero-order chi connectivity index (χ0) is 23.7. The molecule has 1 fully saturated rings. The van der Waals surface area contributed by atoms with Crippen molar-refractivity contribution in [1.29, 1.82) is 0 Å². The highest BCUT2D eigenvalue weighted by Crippen LogP contribution is 2.34. The number of carbonyl (C=O) groups is 1. The largest absolute Gasteiger partial charge is 0.349 e. The Morgan fingerprint density at radius 2 is 1.91 bits per heavy atom. The topological polar surface area (TPSA) is 92.7 Å². The summed E-state index contributed by atoms with van der Waals surface area (Å²) in [5.74, 6) is -0.496. The second kappa shape index (κ2) is 9.21. The molecule has 0 unspecified atom stereocenters. The third-order valence-corrected chi connectivity index (χ3v) is 6.67. The fourth-order valence-electron chi connectivity index (χ4n) is 4.79. The number of hydrogen-bond acceptors (Lipinski definition) is 4. The summed E-state index contributed by atoms with van der Waals surface area (Å²) < 4.78 is 16.5. The second-order valence-corrected chi connectivity index (χ2v) is 8.78. The molecular formula is C26H26FN5O2. The molecule has 2 aromatic carbocycles. The van der Waals surface area contributed by atoms with Crippen LogP contribution in [0.25, 0.3) is 21.9 Å². The van der Waals surface area contributed by atoms with Crippen LogP contribution in [0.15, 0.2) is 59.7 Å². The van der Waals surface area contributed by atoms with E-state index in [1.807, 2.05) is 31.2 Å². The standard InChI is InChI=1S/C26H26FN5O2/c1-2-32-15-18(14-28-32)20-12-9-17(13-23(20)27)25(33)29-19-10-7-16(8-11-19)24-21-5-3-4-6-22(21)26(34)31-30-24/h3-6,9,12-16,19H,2,7-8,10-11H2,1H3,(H,29,33)(H,31,34). The van der Waals surface area contributed by atoms with Crippen LogP contribution in [0.5, 0.6) is 0 Å². The van der Waals surface area contributed by atoms with Gasteiger partial charge in [-0.15, -0.1) is 0 Å². The molecule has 2 aromatic heterocycles. The first-order valence-electron chi connectivity index (χ1n) is 11.6. The fraction of sp³-hybridized carbons (Fsp3) is 0.308. The van der Waals surface area contributed by atoms with Crippen molar-refractivity contribution in [3.8, 4) is 11.1 Å². The summed E-state index contributed by atoms with van der Waals surface area (Å²) in [5, 5.41) is 15.7. The van der Waals surface area contributed by atoms with Gasteiger partial charge in [-0.1, -0.05) is 24.3 Å². The van der Waals surface area contributed by atoms with Crippen LogP contribution in [-0.4, -0.2) is 31.9 Å². The van der Waals surface area contributed by atoms with Crippen LogP contribution in [0.2, 0.25) is 0 Å². The zero-order valence-electron chi connectivity index (χ0n) is 18.9. The van der Waals surface area contributed by atoms with Crippen molar-refractivity contribution in [2.75, 3.05) is 0 Å². The minimum absolute atomic E-state index is 0.0169. The van der Waals surface area contributed by atoms with Crippen molar-refractivity contribution < 1.29 is 9.18 Å². The van der Waals surface area contributed by atoms with E-state index in [4.69, 9.17) is 0 Å². The third kappa shape index (κ3) is 4.23. The van der Waals surface area contributed by atoms with Gasteiger partial charge < -0.3 is 5.32 Å². The molecule has 8 heteroatoms. The lowest BCUT2D eigenvalue weighted by molar-refractivity contribution is 0.0925. The van der Waals surface area contributed by atoms with E-state index in [1.165, 1.54) is 6.07 Å². The minimum Gasteiger partial charge on any atom is -0.349 e. The van der Waals surface area contributed by atoms with Gasteiger partial charge >= 0.3 is 0 Å². The van der Waals surface area contributed by atoms with E-state index < -0.39 is 5.82 Å². The number of aryl methyl sites for hydroxylation is 1. The van der Waals surface area contributed by atoms with E-state index in [0.717, 1.165) is 36.8 Å². The Balaban J connectivity index is 1.24. The van der Waals surface area contributed by atoms with E-state index in [2.05, 4.69) is 20.6 Å². The number of halogens is 1. The molecule has 1 saturated carbocycles. The highest BCUT2D eigenvalue weighted by Gasteiger charge is 2.26. The van der Waals surface area contributed by atoms with E-state index in [-0.39, 0.29) is 23.4 Å². The molecule has 4 aromatic rings. The fourth-order valence-corrected chi connectivity index (χ4v) is 4.79. The molecule has 0 aliphatic heterocycles. The second-order valence-electron chi connectivity index (χ2n) is 8.78. The first kappa shape index (κ1) is 22.0. The maximum absolute atomic E-state index is 14.7. The van der Waals surface area contributed by atoms with E-state index >= 15 is 0 Å². The Labute approximate surface area is 196 Å².